The number of benzene rings is 1. The molecule has 0 spiro atoms. The first kappa shape index (κ1) is 15.9. The van der Waals surface area contributed by atoms with Gasteiger partial charge >= 0.3 is 0 Å². The number of piperazine rings is 1. The van der Waals surface area contributed by atoms with Crippen LogP contribution in [-0.4, -0.2) is 41.1 Å². The molecule has 4 rings (SSSR count). The second kappa shape index (κ2) is 6.74. The lowest BCUT2D eigenvalue weighted by molar-refractivity contribution is 0.110. The summed E-state index contributed by atoms with van der Waals surface area (Å²) in [6.07, 6.45) is 1.11. The molecule has 0 saturated carbocycles. The number of hydrogen-bond donors (Lipinski definition) is 1. The number of furan rings is 1. The Morgan fingerprint density at radius 2 is 1.64 bits per heavy atom. The van der Waals surface area contributed by atoms with Crippen molar-refractivity contribution < 1.29 is 13.9 Å². The van der Waals surface area contributed by atoms with Gasteiger partial charge in [-0.25, -0.2) is 0 Å². The second-order valence-corrected chi connectivity index (χ2v) is 6.40. The topological polar surface area (TPSA) is 70.1 Å². The average molecular weight is 340 g/mol. The molecule has 3 aromatic rings. The summed E-state index contributed by atoms with van der Waals surface area (Å²) in [7, 11) is 0. The smallest absolute Gasteiger partial charge is 0.226 e. The molecular formula is C19H20N2O4. The zero-order valence-corrected chi connectivity index (χ0v) is 13.9. The Morgan fingerprint density at radius 3 is 2.32 bits per heavy atom. The lowest BCUT2D eigenvalue weighted by atomic mass is 10.2. The summed E-state index contributed by atoms with van der Waals surface area (Å²) >= 11 is 0. The predicted octanol–water partition coefficient (Wildman–Crippen LogP) is 2.41. The van der Waals surface area contributed by atoms with Crippen molar-refractivity contribution in [1.82, 2.24) is 9.80 Å². The van der Waals surface area contributed by atoms with Gasteiger partial charge in [-0.05, 0) is 12.1 Å². The molecule has 0 aliphatic carbocycles. The van der Waals surface area contributed by atoms with Gasteiger partial charge in [-0.3, -0.25) is 14.6 Å². The van der Waals surface area contributed by atoms with E-state index < -0.39 is 5.43 Å². The third-order valence-electron chi connectivity index (χ3n) is 4.57. The Balaban J connectivity index is 1.33. The van der Waals surface area contributed by atoms with Crippen LogP contribution in [0.4, 0.5) is 0 Å². The number of nitrogens with zero attached hydrogens (tertiary/aromatic N) is 2. The molecule has 2 aromatic heterocycles. The molecule has 6 nitrogen and oxygen atoms in total. The zero-order valence-electron chi connectivity index (χ0n) is 13.9. The van der Waals surface area contributed by atoms with E-state index in [2.05, 4.69) is 21.9 Å². The van der Waals surface area contributed by atoms with Gasteiger partial charge < -0.3 is 13.9 Å². The summed E-state index contributed by atoms with van der Waals surface area (Å²) in [6.45, 7) is 5.03. The highest BCUT2D eigenvalue weighted by Gasteiger charge is 2.19. The van der Waals surface area contributed by atoms with Crippen molar-refractivity contribution in [2.24, 2.45) is 0 Å². The van der Waals surface area contributed by atoms with E-state index in [1.807, 2.05) is 18.2 Å². The molecule has 3 heterocycles. The van der Waals surface area contributed by atoms with Crippen LogP contribution in [0.1, 0.15) is 11.5 Å². The van der Waals surface area contributed by atoms with Crippen molar-refractivity contribution in [3.8, 4) is 5.75 Å². The minimum Gasteiger partial charge on any atom is -0.502 e. The van der Waals surface area contributed by atoms with Crippen LogP contribution in [0, 0.1) is 0 Å². The number of aromatic hydroxyl groups is 1. The van der Waals surface area contributed by atoms with Crippen LogP contribution >= 0.6 is 0 Å². The molecule has 6 heteroatoms. The first-order valence-electron chi connectivity index (χ1n) is 8.40. The van der Waals surface area contributed by atoms with Crippen molar-refractivity contribution >= 4 is 11.0 Å². The average Bonchev–Trinajstić information content (AvgIpc) is 3.02. The van der Waals surface area contributed by atoms with Gasteiger partial charge in [-0.2, -0.15) is 0 Å². The fourth-order valence-corrected chi connectivity index (χ4v) is 3.19. The molecule has 0 radical (unpaired) electrons. The van der Waals surface area contributed by atoms with E-state index in [-0.39, 0.29) is 5.75 Å². The largest absolute Gasteiger partial charge is 0.502 e. The van der Waals surface area contributed by atoms with Crippen LogP contribution in [0.3, 0.4) is 0 Å². The van der Waals surface area contributed by atoms with Crippen LogP contribution in [0.5, 0.6) is 5.75 Å². The lowest BCUT2D eigenvalue weighted by Crippen LogP contribution is -2.45. The van der Waals surface area contributed by atoms with Crippen molar-refractivity contribution in [1.29, 1.82) is 0 Å². The molecule has 130 valence electrons. The number of hydrogen-bond acceptors (Lipinski definition) is 6. The maximum Gasteiger partial charge on any atom is 0.226 e. The molecule has 1 aliphatic heterocycles. The number of para-hydroxylation sites is 1. The Morgan fingerprint density at radius 1 is 0.960 bits per heavy atom. The highest BCUT2D eigenvalue weighted by molar-refractivity contribution is 5.77. The molecule has 0 unspecified atom stereocenters. The Kier molecular flexibility index (Phi) is 4.29. The molecule has 1 saturated heterocycles. The molecule has 1 fully saturated rings. The fourth-order valence-electron chi connectivity index (χ4n) is 3.19. The van der Waals surface area contributed by atoms with Gasteiger partial charge in [0.15, 0.2) is 5.75 Å². The number of fused-ring (bicyclic) bond motifs is 1. The Labute approximate surface area is 144 Å². The molecule has 1 aromatic carbocycles. The standard InChI is InChI=1S/C19H20N2O4/c22-17-10-15(24-13-18(17)23)11-20-5-7-21(8-6-20)12-16-9-14-3-1-2-4-19(14)25-16/h1-4,9-10,13,23H,5-8,11-12H2. The van der Waals surface area contributed by atoms with Crippen LogP contribution in [0.25, 0.3) is 11.0 Å². The normalized spacial score (nSPS) is 16.5. The molecule has 1 N–H and O–H groups in total. The van der Waals surface area contributed by atoms with E-state index in [4.69, 9.17) is 8.83 Å². The SMILES string of the molecule is O=c1cc(CN2CCN(Cc3cc4ccccc4o3)CC2)occ1O. The molecule has 0 amide bonds. The lowest BCUT2D eigenvalue weighted by Gasteiger charge is -2.33. The van der Waals surface area contributed by atoms with Gasteiger partial charge in [0.1, 0.15) is 23.4 Å². The van der Waals surface area contributed by atoms with Gasteiger partial charge in [0, 0.05) is 37.6 Å². The zero-order chi connectivity index (χ0) is 17.2. The molecular weight excluding hydrogens is 320 g/mol. The summed E-state index contributed by atoms with van der Waals surface area (Å²) in [5, 5.41) is 10.4. The third-order valence-corrected chi connectivity index (χ3v) is 4.57. The molecule has 0 bridgehead atoms. The minimum atomic E-state index is -0.398. The highest BCUT2D eigenvalue weighted by Crippen LogP contribution is 2.20. The first-order chi connectivity index (χ1) is 12.2. The van der Waals surface area contributed by atoms with Crippen LogP contribution in [0.15, 0.2) is 56.3 Å². The Bertz CT molecular complexity index is 889. The van der Waals surface area contributed by atoms with Crippen molar-refractivity contribution in [3.05, 3.63) is 64.4 Å². The van der Waals surface area contributed by atoms with Crippen LogP contribution < -0.4 is 5.43 Å². The third kappa shape index (κ3) is 3.60. The summed E-state index contributed by atoms with van der Waals surface area (Å²) in [5.41, 5.74) is 0.531. The van der Waals surface area contributed by atoms with E-state index in [1.165, 1.54) is 6.07 Å². The van der Waals surface area contributed by atoms with E-state index in [0.29, 0.717) is 12.3 Å². The molecule has 25 heavy (non-hydrogen) atoms. The summed E-state index contributed by atoms with van der Waals surface area (Å²) in [6, 6.07) is 11.5. The van der Waals surface area contributed by atoms with Crippen molar-refractivity contribution in [2.75, 3.05) is 26.2 Å². The van der Waals surface area contributed by atoms with Gasteiger partial charge in [0.2, 0.25) is 5.43 Å². The minimum absolute atomic E-state index is 0.348. The highest BCUT2D eigenvalue weighted by atomic mass is 16.4. The Hall–Kier alpha value is -2.57. The maximum absolute atomic E-state index is 11.5. The first-order valence-corrected chi connectivity index (χ1v) is 8.40. The van der Waals surface area contributed by atoms with Crippen molar-refractivity contribution in [2.45, 2.75) is 13.1 Å². The van der Waals surface area contributed by atoms with E-state index in [0.717, 1.165) is 55.7 Å². The van der Waals surface area contributed by atoms with Gasteiger partial charge in [0.05, 0.1) is 13.1 Å². The van der Waals surface area contributed by atoms with Crippen LogP contribution in [0.2, 0.25) is 0 Å². The van der Waals surface area contributed by atoms with E-state index in [1.54, 1.807) is 0 Å². The number of rotatable bonds is 4. The second-order valence-electron chi connectivity index (χ2n) is 6.40. The van der Waals surface area contributed by atoms with Gasteiger partial charge in [0.25, 0.3) is 0 Å². The molecule has 0 atom stereocenters. The van der Waals surface area contributed by atoms with E-state index >= 15 is 0 Å². The predicted molar refractivity (Wildman–Crippen MR) is 93.4 cm³/mol. The van der Waals surface area contributed by atoms with Gasteiger partial charge in [-0.1, -0.05) is 18.2 Å². The maximum atomic E-state index is 11.5. The van der Waals surface area contributed by atoms with Gasteiger partial charge in [-0.15, -0.1) is 0 Å². The van der Waals surface area contributed by atoms with E-state index in [9.17, 15) is 9.90 Å². The summed E-state index contributed by atoms with van der Waals surface area (Å²) < 4.78 is 11.2. The summed E-state index contributed by atoms with van der Waals surface area (Å²) in [5.74, 6) is 1.21. The quantitative estimate of drug-likeness (QED) is 0.786. The fraction of sp³-hybridized carbons (Fsp3) is 0.316. The monoisotopic (exact) mass is 340 g/mol. The van der Waals surface area contributed by atoms with Crippen molar-refractivity contribution in [3.63, 3.8) is 0 Å². The summed E-state index contributed by atoms with van der Waals surface area (Å²) in [4.78, 5) is 16.1. The molecule has 1 aliphatic rings. The van der Waals surface area contributed by atoms with Crippen LogP contribution in [-0.2, 0) is 13.1 Å².